The van der Waals surface area contributed by atoms with Crippen LogP contribution in [0.15, 0.2) is 24.3 Å². The monoisotopic (exact) mass is 218 g/mol. The molecule has 0 unspecified atom stereocenters. The fraction of sp³-hybridized carbons (Fsp3) is 0.500. The molecule has 0 aromatic heterocycles. The largest absolute Gasteiger partial charge is 0.388 e. The van der Waals surface area contributed by atoms with Crippen LogP contribution < -0.4 is 0 Å². The van der Waals surface area contributed by atoms with Crippen LogP contribution in [0, 0.1) is 0 Å². The number of Topliss-reactive ketones (excluding diaryl/α,β-unsaturated/α-hetero) is 1. The summed E-state index contributed by atoms with van der Waals surface area (Å²) in [6, 6.07) is 7.75. The summed E-state index contributed by atoms with van der Waals surface area (Å²) in [6.45, 7) is -0.400. The van der Waals surface area contributed by atoms with Gasteiger partial charge in [-0.3, -0.25) is 4.79 Å². The molecule has 16 heavy (non-hydrogen) atoms. The first-order chi connectivity index (χ1) is 7.81. The Kier molecular flexibility index (Phi) is 3.73. The van der Waals surface area contributed by atoms with Crippen LogP contribution >= 0.6 is 0 Å². The van der Waals surface area contributed by atoms with Crippen LogP contribution in [0.4, 0.5) is 0 Å². The number of ketones is 1. The standard InChI is InChI=1S/C14H18O2/c15-10-14(16)13-8-6-12(7-9-13)11-4-2-1-3-5-11/h6-9,11,15H,1-5,10H2. The Morgan fingerprint density at radius 3 is 2.31 bits per heavy atom. The predicted molar refractivity (Wildman–Crippen MR) is 63.7 cm³/mol. The smallest absolute Gasteiger partial charge is 0.188 e. The molecule has 0 heterocycles. The molecular formula is C14H18O2. The van der Waals surface area contributed by atoms with Gasteiger partial charge in [-0.25, -0.2) is 0 Å². The number of aliphatic hydroxyl groups is 1. The number of hydrogen-bond acceptors (Lipinski definition) is 2. The molecular weight excluding hydrogens is 200 g/mol. The van der Waals surface area contributed by atoms with Crippen molar-refractivity contribution in [1.82, 2.24) is 0 Å². The first-order valence-electron chi connectivity index (χ1n) is 6.05. The zero-order chi connectivity index (χ0) is 11.4. The van der Waals surface area contributed by atoms with Crippen LogP contribution in [0.3, 0.4) is 0 Å². The van der Waals surface area contributed by atoms with Crippen molar-refractivity contribution < 1.29 is 9.90 Å². The lowest BCUT2D eigenvalue weighted by atomic mass is 9.84. The van der Waals surface area contributed by atoms with E-state index in [1.54, 1.807) is 0 Å². The van der Waals surface area contributed by atoms with Gasteiger partial charge in [0.25, 0.3) is 0 Å². The molecule has 1 fully saturated rings. The molecule has 0 radical (unpaired) electrons. The quantitative estimate of drug-likeness (QED) is 0.792. The molecule has 1 saturated carbocycles. The van der Waals surface area contributed by atoms with Gasteiger partial charge in [-0.05, 0) is 24.3 Å². The molecule has 2 heteroatoms. The second kappa shape index (κ2) is 5.26. The number of carbonyl (C=O) groups is 1. The van der Waals surface area contributed by atoms with Crippen molar-refractivity contribution in [2.75, 3.05) is 6.61 Å². The summed E-state index contributed by atoms with van der Waals surface area (Å²) in [7, 11) is 0. The molecule has 0 spiro atoms. The van der Waals surface area contributed by atoms with E-state index < -0.39 is 6.61 Å². The van der Waals surface area contributed by atoms with Gasteiger partial charge in [-0.15, -0.1) is 0 Å². The van der Waals surface area contributed by atoms with E-state index >= 15 is 0 Å². The van der Waals surface area contributed by atoms with Crippen molar-refractivity contribution in [3.8, 4) is 0 Å². The van der Waals surface area contributed by atoms with Crippen LogP contribution in [0.1, 0.15) is 53.9 Å². The molecule has 0 aliphatic heterocycles. The highest BCUT2D eigenvalue weighted by atomic mass is 16.3. The maximum atomic E-state index is 11.3. The van der Waals surface area contributed by atoms with Crippen LogP contribution in [0.5, 0.6) is 0 Å². The van der Waals surface area contributed by atoms with Gasteiger partial charge < -0.3 is 5.11 Å². The summed E-state index contributed by atoms with van der Waals surface area (Å²) >= 11 is 0. The molecule has 1 N–H and O–H groups in total. The summed E-state index contributed by atoms with van der Waals surface area (Å²) in [4.78, 5) is 11.3. The van der Waals surface area contributed by atoms with Crippen molar-refractivity contribution in [3.63, 3.8) is 0 Å². The Balaban J connectivity index is 2.09. The van der Waals surface area contributed by atoms with Crippen molar-refractivity contribution in [3.05, 3.63) is 35.4 Å². The van der Waals surface area contributed by atoms with Gasteiger partial charge in [0.2, 0.25) is 0 Å². The molecule has 2 nitrogen and oxygen atoms in total. The Bertz CT molecular complexity index is 348. The average molecular weight is 218 g/mol. The lowest BCUT2D eigenvalue weighted by Gasteiger charge is -2.21. The fourth-order valence-corrected chi connectivity index (χ4v) is 2.47. The average Bonchev–Trinajstić information content (AvgIpc) is 2.39. The van der Waals surface area contributed by atoms with Gasteiger partial charge in [-0.1, -0.05) is 43.5 Å². The van der Waals surface area contributed by atoms with Crippen LogP contribution in [-0.4, -0.2) is 17.5 Å². The minimum atomic E-state index is -0.400. The summed E-state index contributed by atoms with van der Waals surface area (Å²) < 4.78 is 0. The number of carbonyl (C=O) groups excluding carboxylic acids is 1. The SMILES string of the molecule is O=C(CO)c1ccc(C2CCCCC2)cc1. The Morgan fingerprint density at radius 2 is 1.75 bits per heavy atom. The summed E-state index contributed by atoms with van der Waals surface area (Å²) in [5.74, 6) is 0.474. The van der Waals surface area contributed by atoms with E-state index in [1.165, 1.54) is 37.7 Å². The maximum Gasteiger partial charge on any atom is 0.188 e. The lowest BCUT2D eigenvalue weighted by Crippen LogP contribution is -2.07. The van der Waals surface area contributed by atoms with Gasteiger partial charge >= 0.3 is 0 Å². The van der Waals surface area contributed by atoms with Gasteiger partial charge in [0.05, 0.1) is 0 Å². The van der Waals surface area contributed by atoms with E-state index in [1.807, 2.05) is 24.3 Å². The molecule has 2 rings (SSSR count). The third-order valence-corrected chi connectivity index (χ3v) is 3.45. The molecule has 1 aliphatic rings. The highest BCUT2D eigenvalue weighted by molar-refractivity contribution is 5.96. The molecule has 0 saturated heterocycles. The highest BCUT2D eigenvalue weighted by Crippen LogP contribution is 2.32. The van der Waals surface area contributed by atoms with Crippen molar-refractivity contribution >= 4 is 5.78 Å². The van der Waals surface area contributed by atoms with E-state index in [9.17, 15) is 4.79 Å². The molecule has 1 aromatic rings. The Hall–Kier alpha value is -1.15. The molecule has 0 atom stereocenters. The summed E-state index contributed by atoms with van der Waals surface area (Å²) in [5, 5.41) is 8.76. The van der Waals surface area contributed by atoms with E-state index in [0.29, 0.717) is 11.5 Å². The third-order valence-electron chi connectivity index (χ3n) is 3.45. The molecule has 86 valence electrons. The highest BCUT2D eigenvalue weighted by Gasteiger charge is 2.15. The normalized spacial score (nSPS) is 17.3. The number of rotatable bonds is 3. The van der Waals surface area contributed by atoms with E-state index in [0.717, 1.165) is 0 Å². The number of benzene rings is 1. The number of aliphatic hydroxyl groups excluding tert-OH is 1. The predicted octanol–water partition coefficient (Wildman–Crippen LogP) is 2.91. The van der Waals surface area contributed by atoms with Crippen LogP contribution in [-0.2, 0) is 0 Å². The van der Waals surface area contributed by atoms with Gasteiger partial charge in [0, 0.05) is 5.56 Å². The van der Waals surface area contributed by atoms with Crippen LogP contribution in [0.25, 0.3) is 0 Å². The third kappa shape index (κ3) is 2.50. The summed E-state index contributed by atoms with van der Waals surface area (Å²) in [6.07, 6.45) is 6.54. The van der Waals surface area contributed by atoms with E-state index in [4.69, 9.17) is 5.11 Å². The van der Waals surface area contributed by atoms with Gasteiger partial charge in [0.1, 0.15) is 6.61 Å². The zero-order valence-corrected chi connectivity index (χ0v) is 9.48. The van der Waals surface area contributed by atoms with Gasteiger partial charge in [0.15, 0.2) is 5.78 Å². The zero-order valence-electron chi connectivity index (χ0n) is 9.48. The minimum Gasteiger partial charge on any atom is -0.388 e. The number of hydrogen-bond donors (Lipinski definition) is 1. The topological polar surface area (TPSA) is 37.3 Å². The minimum absolute atomic E-state index is 0.199. The first kappa shape index (κ1) is 11.3. The summed E-state index contributed by atoms with van der Waals surface area (Å²) in [5.41, 5.74) is 1.95. The fourth-order valence-electron chi connectivity index (χ4n) is 2.47. The van der Waals surface area contributed by atoms with Crippen LogP contribution in [0.2, 0.25) is 0 Å². The Labute approximate surface area is 96.3 Å². The van der Waals surface area contributed by atoms with Crippen molar-refractivity contribution in [2.24, 2.45) is 0 Å². The first-order valence-corrected chi connectivity index (χ1v) is 6.05. The van der Waals surface area contributed by atoms with E-state index in [-0.39, 0.29) is 5.78 Å². The van der Waals surface area contributed by atoms with Crippen molar-refractivity contribution in [2.45, 2.75) is 38.0 Å². The second-order valence-corrected chi connectivity index (χ2v) is 4.54. The Morgan fingerprint density at radius 1 is 1.12 bits per heavy atom. The molecule has 0 amide bonds. The molecule has 1 aromatic carbocycles. The molecule has 0 bridgehead atoms. The second-order valence-electron chi connectivity index (χ2n) is 4.54. The van der Waals surface area contributed by atoms with E-state index in [2.05, 4.69) is 0 Å². The molecule has 1 aliphatic carbocycles. The maximum absolute atomic E-state index is 11.3. The van der Waals surface area contributed by atoms with Crippen molar-refractivity contribution in [1.29, 1.82) is 0 Å². The lowest BCUT2D eigenvalue weighted by molar-refractivity contribution is 0.0903. The van der Waals surface area contributed by atoms with Gasteiger partial charge in [-0.2, -0.15) is 0 Å².